The predicted octanol–water partition coefficient (Wildman–Crippen LogP) is 2.43. The zero-order chi connectivity index (χ0) is 16.2. The molecule has 0 bridgehead atoms. The summed E-state index contributed by atoms with van der Waals surface area (Å²) in [5.74, 6) is -1.09. The third-order valence-corrected chi connectivity index (χ3v) is 2.79. The molecule has 2 rings (SSSR count). The van der Waals surface area contributed by atoms with Crippen molar-refractivity contribution < 1.29 is 19.4 Å². The molecule has 0 aliphatic carbocycles. The lowest BCUT2D eigenvalue weighted by molar-refractivity contribution is 0.0221. The van der Waals surface area contributed by atoms with Gasteiger partial charge in [0.2, 0.25) is 0 Å². The minimum atomic E-state index is -1.09. The van der Waals surface area contributed by atoms with Gasteiger partial charge in [-0.15, -0.1) is 0 Å². The van der Waals surface area contributed by atoms with Crippen LogP contribution in [0.15, 0.2) is 0 Å². The number of nitrogens with zero attached hydrogens (tertiary/aromatic N) is 2. The fourth-order valence-corrected chi connectivity index (χ4v) is 1.95. The van der Waals surface area contributed by atoms with E-state index in [-0.39, 0.29) is 12.2 Å². The summed E-state index contributed by atoms with van der Waals surface area (Å²) in [5.41, 5.74) is 0.744. The maximum atomic E-state index is 12.0. The van der Waals surface area contributed by atoms with Crippen molar-refractivity contribution in [1.29, 1.82) is 0 Å². The van der Waals surface area contributed by atoms with Gasteiger partial charge in [0.15, 0.2) is 5.69 Å². The Bertz CT molecular complexity index is 517. The summed E-state index contributed by atoms with van der Waals surface area (Å²) in [6, 6.07) is 0. The van der Waals surface area contributed by atoms with Gasteiger partial charge in [0.05, 0.1) is 6.54 Å². The van der Waals surface area contributed by atoms with Crippen molar-refractivity contribution in [3.05, 3.63) is 17.0 Å². The Morgan fingerprint density at radius 3 is 2.48 bits per heavy atom. The standard InChI is InChI=1S/C12H17N3O4.C2H6/c1-12(2,3)19-11(18)15-5-4-8-7(6-15)9(10(16)17)14-13-8;1-2/h4-6H2,1-3H3,(H,13,14)(H,16,17);1-2H3. The van der Waals surface area contributed by atoms with Crippen LogP contribution in [-0.4, -0.2) is 44.4 Å². The number of amides is 1. The fourth-order valence-electron chi connectivity index (χ4n) is 1.95. The SMILES string of the molecule is CC.CC(C)(C)OC(=O)N1CCc2[nH]nc(C(=O)O)c2C1. The number of carbonyl (C=O) groups excluding carboxylic acids is 1. The first-order chi connectivity index (χ1) is 9.78. The van der Waals surface area contributed by atoms with Gasteiger partial charge in [-0.2, -0.15) is 5.10 Å². The number of aromatic nitrogens is 2. The second-order valence-corrected chi connectivity index (χ2v) is 5.49. The van der Waals surface area contributed by atoms with Crippen molar-refractivity contribution in [1.82, 2.24) is 15.1 Å². The highest BCUT2D eigenvalue weighted by atomic mass is 16.6. The summed E-state index contributed by atoms with van der Waals surface area (Å²) >= 11 is 0. The van der Waals surface area contributed by atoms with Gasteiger partial charge in [0.25, 0.3) is 0 Å². The Morgan fingerprint density at radius 2 is 1.95 bits per heavy atom. The quantitative estimate of drug-likeness (QED) is 0.830. The summed E-state index contributed by atoms with van der Waals surface area (Å²) in [5, 5.41) is 15.5. The van der Waals surface area contributed by atoms with E-state index in [1.807, 2.05) is 13.8 Å². The van der Waals surface area contributed by atoms with E-state index in [0.717, 1.165) is 5.69 Å². The minimum absolute atomic E-state index is 0.0248. The van der Waals surface area contributed by atoms with E-state index >= 15 is 0 Å². The number of aromatic carboxylic acids is 1. The Morgan fingerprint density at radius 1 is 1.33 bits per heavy atom. The number of ether oxygens (including phenoxy) is 1. The molecule has 0 aromatic carbocycles. The maximum Gasteiger partial charge on any atom is 0.410 e. The topological polar surface area (TPSA) is 95.5 Å². The number of aromatic amines is 1. The predicted molar refractivity (Wildman–Crippen MR) is 77.2 cm³/mol. The zero-order valence-corrected chi connectivity index (χ0v) is 13.2. The largest absolute Gasteiger partial charge is 0.476 e. The van der Waals surface area contributed by atoms with Gasteiger partial charge in [-0.1, -0.05) is 13.8 Å². The third kappa shape index (κ3) is 4.21. The molecule has 0 saturated heterocycles. The van der Waals surface area contributed by atoms with E-state index in [1.165, 1.54) is 4.90 Å². The second-order valence-electron chi connectivity index (χ2n) is 5.49. The van der Waals surface area contributed by atoms with Crippen LogP contribution < -0.4 is 0 Å². The third-order valence-electron chi connectivity index (χ3n) is 2.79. The van der Waals surface area contributed by atoms with E-state index in [4.69, 9.17) is 9.84 Å². The molecule has 1 aromatic heterocycles. The number of carboxylic acid groups (broad SMARTS) is 1. The van der Waals surface area contributed by atoms with Crippen molar-refractivity contribution in [2.24, 2.45) is 0 Å². The van der Waals surface area contributed by atoms with Crippen molar-refractivity contribution in [3.8, 4) is 0 Å². The van der Waals surface area contributed by atoms with Gasteiger partial charge in [0.1, 0.15) is 5.60 Å². The first-order valence-electron chi connectivity index (χ1n) is 7.05. The van der Waals surface area contributed by atoms with E-state index in [2.05, 4.69) is 10.2 Å². The second kappa shape index (κ2) is 6.60. The molecule has 1 aliphatic rings. The minimum Gasteiger partial charge on any atom is -0.476 e. The van der Waals surface area contributed by atoms with E-state index in [9.17, 15) is 9.59 Å². The van der Waals surface area contributed by atoms with Crippen LogP contribution in [-0.2, 0) is 17.7 Å². The van der Waals surface area contributed by atoms with Crippen LogP contribution in [0, 0.1) is 0 Å². The fraction of sp³-hybridized carbons (Fsp3) is 0.643. The lowest BCUT2D eigenvalue weighted by Gasteiger charge is -2.29. The molecule has 0 radical (unpaired) electrons. The van der Waals surface area contributed by atoms with E-state index in [0.29, 0.717) is 18.5 Å². The van der Waals surface area contributed by atoms with Gasteiger partial charge in [-0.05, 0) is 20.8 Å². The summed E-state index contributed by atoms with van der Waals surface area (Å²) in [7, 11) is 0. The first-order valence-corrected chi connectivity index (χ1v) is 7.05. The molecule has 2 N–H and O–H groups in total. The zero-order valence-electron chi connectivity index (χ0n) is 13.2. The number of carbonyl (C=O) groups is 2. The van der Waals surface area contributed by atoms with E-state index in [1.54, 1.807) is 20.8 Å². The highest BCUT2D eigenvalue weighted by Crippen LogP contribution is 2.22. The number of hydrogen-bond acceptors (Lipinski definition) is 4. The lowest BCUT2D eigenvalue weighted by Crippen LogP contribution is -2.40. The van der Waals surface area contributed by atoms with Crippen molar-refractivity contribution in [2.45, 2.75) is 53.2 Å². The molecule has 1 aromatic rings. The Kier molecular flexibility index (Phi) is 5.34. The van der Waals surface area contributed by atoms with Gasteiger partial charge in [-0.3, -0.25) is 5.10 Å². The van der Waals surface area contributed by atoms with Gasteiger partial charge >= 0.3 is 12.1 Å². The van der Waals surface area contributed by atoms with E-state index < -0.39 is 17.7 Å². The van der Waals surface area contributed by atoms with Gasteiger partial charge in [0, 0.05) is 24.2 Å². The number of fused-ring (bicyclic) bond motifs is 1. The molecule has 7 nitrogen and oxygen atoms in total. The molecule has 118 valence electrons. The molecule has 0 saturated carbocycles. The Hall–Kier alpha value is -2.05. The molecule has 2 heterocycles. The highest BCUT2D eigenvalue weighted by molar-refractivity contribution is 5.87. The van der Waals surface area contributed by atoms with Gasteiger partial charge in [-0.25, -0.2) is 9.59 Å². The molecule has 21 heavy (non-hydrogen) atoms. The molecule has 1 aliphatic heterocycles. The average Bonchev–Trinajstić information content (AvgIpc) is 2.81. The van der Waals surface area contributed by atoms with Crippen LogP contribution in [0.4, 0.5) is 4.79 Å². The van der Waals surface area contributed by atoms with Crippen molar-refractivity contribution in [3.63, 3.8) is 0 Å². The molecular formula is C14H23N3O4. The summed E-state index contributed by atoms with van der Waals surface area (Å²) in [4.78, 5) is 24.5. The molecule has 0 atom stereocenters. The molecule has 0 unspecified atom stereocenters. The van der Waals surface area contributed by atoms with Crippen LogP contribution in [0.2, 0.25) is 0 Å². The smallest absolute Gasteiger partial charge is 0.410 e. The Balaban J connectivity index is 0.00000106. The van der Waals surface area contributed by atoms with Crippen LogP contribution >= 0.6 is 0 Å². The number of rotatable bonds is 1. The molecule has 0 fully saturated rings. The van der Waals surface area contributed by atoms with Gasteiger partial charge < -0.3 is 14.7 Å². The maximum absolute atomic E-state index is 12.0. The summed E-state index contributed by atoms with van der Waals surface area (Å²) < 4.78 is 5.28. The van der Waals surface area contributed by atoms with Crippen LogP contribution in [0.1, 0.15) is 56.4 Å². The highest BCUT2D eigenvalue weighted by Gasteiger charge is 2.30. The summed E-state index contributed by atoms with van der Waals surface area (Å²) in [6.45, 7) is 10.1. The average molecular weight is 297 g/mol. The van der Waals surface area contributed by atoms with Crippen LogP contribution in [0.25, 0.3) is 0 Å². The normalized spacial score (nSPS) is 13.9. The van der Waals surface area contributed by atoms with Crippen LogP contribution in [0.5, 0.6) is 0 Å². The molecule has 0 spiro atoms. The Labute approximate surface area is 124 Å². The summed E-state index contributed by atoms with van der Waals surface area (Å²) in [6.07, 6.45) is 0.116. The van der Waals surface area contributed by atoms with Crippen molar-refractivity contribution in [2.75, 3.05) is 6.54 Å². The lowest BCUT2D eigenvalue weighted by atomic mass is 10.1. The molecule has 7 heteroatoms. The van der Waals surface area contributed by atoms with Crippen molar-refractivity contribution >= 4 is 12.1 Å². The number of hydrogen-bond donors (Lipinski definition) is 2. The molecule has 1 amide bonds. The number of carboxylic acids is 1. The number of nitrogens with one attached hydrogen (secondary N) is 1. The van der Waals surface area contributed by atoms with Crippen LogP contribution in [0.3, 0.4) is 0 Å². The monoisotopic (exact) mass is 297 g/mol. The molecular weight excluding hydrogens is 274 g/mol. The first kappa shape index (κ1) is 17.0. The number of H-pyrrole nitrogens is 1.